The number of nitrogens with zero attached hydrogens (tertiary/aromatic N) is 1. The molecule has 6 nitrogen and oxygen atoms in total. The largest absolute Gasteiger partial charge is 0.385 e. The molecule has 1 aliphatic carbocycles. The van der Waals surface area contributed by atoms with Crippen LogP contribution in [0.4, 0.5) is 8.78 Å². The molecule has 3 N–H and O–H groups in total. The van der Waals surface area contributed by atoms with Gasteiger partial charge in [-0.1, -0.05) is 37.6 Å². The molecular formula is C23H31ClF2N2O4. The number of hydrogen-bond donors (Lipinski definition) is 3. The lowest BCUT2D eigenvalue weighted by Crippen LogP contribution is -2.64. The van der Waals surface area contributed by atoms with E-state index >= 15 is 0 Å². The molecule has 9 heteroatoms. The van der Waals surface area contributed by atoms with E-state index in [4.69, 9.17) is 11.6 Å². The number of hydrogen-bond acceptors (Lipinski definition) is 4. The molecule has 2 aliphatic rings. The Labute approximate surface area is 191 Å². The van der Waals surface area contributed by atoms with Crippen molar-refractivity contribution in [3.05, 3.63) is 34.9 Å². The highest BCUT2D eigenvalue weighted by Crippen LogP contribution is 2.41. The Morgan fingerprint density at radius 2 is 1.81 bits per heavy atom. The molecule has 0 aromatic heterocycles. The van der Waals surface area contributed by atoms with Gasteiger partial charge < -0.3 is 20.4 Å². The van der Waals surface area contributed by atoms with E-state index in [2.05, 4.69) is 5.32 Å². The predicted octanol–water partition coefficient (Wildman–Crippen LogP) is 3.09. The quantitative estimate of drug-likeness (QED) is 0.614. The molecule has 1 aromatic rings. The van der Waals surface area contributed by atoms with Crippen molar-refractivity contribution < 1.29 is 28.6 Å². The molecule has 4 atom stereocenters. The smallest absolute Gasteiger partial charge is 0.248 e. The Hall–Kier alpha value is -1.77. The van der Waals surface area contributed by atoms with Crippen LogP contribution >= 0.6 is 11.6 Å². The normalized spacial score (nSPS) is 30.9. The van der Waals surface area contributed by atoms with Gasteiger partial charge >= 0.3 is 0 Å². The Morgan fingerprint density at radius 3 is 2.31 bits per heavy atom. The molecule has 32 heavy (non-hydrogen) atoms. The molecule has 1 unspecified atom stereocenters. The Kier molecular flexibility index (Phi) is 6.90. The number of alkyl halides is 2. The van der Waals surface area contributed by atoms with Gasteiger partial charge in [-0.25, -0.2) is 8.78 Å². The summed E-state index contributed by atoms with van der Waals surface area (Å²) in [4.78, 5) is 27.2. The molecule has 0 spiro atoms. The highest BCUT2D eigenvalue weighted by atomic mass is 35.5. The van der Waals surface area contributed by atoms with Crippen LogP contribution < -0.4 is 5.32 Å². The topological polar surface area (TPSA) is 89.9 Å². The maximum Gasteiger partial charge on any atom is 0.248 e. The fourth-order valence-corrected chi connectivity index (χ4v) is 4.80. The summed E-state index contributed by atoms with van der Waals surface area (Å²) >= 11 is 5.93. The molecule has 3 rings (SSSR count). The number of carbonyl (C=O) groups is 2. The molecular weight excluding hydrogens is 442 g/mol. The van der Waals surface area contributed by atoms with Crippen LogP contribution in [-0.4, -0.2) is 57.6 Å². The highest BCUT2D eigenvalue weighted by Gasteiger charge is 2.52. The molecule has 1 aromatic carbocycles. The van der Waals surface area contributed by atoms with Gasteiger partial charge in [0.15, 0.2) is 0 Å². The molecule has 1 heterocycles. The second-order valence-electron chi connectivity index (χ2n) is 9.68. The third-order valence-electron chi connectivity index (χ3n) is 6.77. The molecule has 2 amide bonds. The minimum Gasteiger partial charge on any atom is -0.385 e. The van der Waals surface area contributed by atoms with Gasteiger partial charge in [0.2, 0.25) is 17.7 Å². The number of piperidine rings is 1. The van der Waals surface area contributed by atoms with E-state index in [0.29, 0.717) is 10.6 Å². The van der Waals surface area contributed by atoms with E-state index in [0.717, 1.165) is 0 Å². The van der Waals surface area contributed by atoms with Gasteiger partial charge in [0.05, 0.1) is 6.54 Å². The van der Waals surface area contributed by atoms with Crippen LogP contribution in [0.3, 0.4) is 0 Å². The molecule has 2 fully saturated rings. The summed E-state index contributed by atoms with van der Waals surface area (Å²) in [5.41, 5.74) is -2.75. The first kappa shape index (κ1) is 24.9. The van der Waals surface area contributed by atoms with Gasteiger partial charge in [-0.3, -0.25) is 9.59 Å². The van der Waals surface area contributed by atoms with E-state index in [1.807, 2.05) is 0 Å². The summed E-state index contributed by atoms with van der Waals surface area (Å²) < 4.78 is 27.0. The monoisotopic (exact) mass is 472 g/mol. The lowest BCUT2D eigenvalue weighted by molar-refractivity contribution is -0.192. The van der Waals surface area contributed by atoms with Crippen molar-refractivity contribution >= 4 is 23.4 Å². The highest BCUT2D eigenvalue weighted by molar-refractivity contribution is 6.30. The zero-order chi connectivity index (χ0) is 23.9. The average molecular weight is 473 g/mol. The number of halogens is 3. The number of amides is 2. The molecule has 1 saturated carbocycles. The van der Waals surface area contributed by atoms with Gasteiger partial charge in [-0.2, -0.15) is 0 Å². The summed E-state index contributed by atoms with van der Waals surface area (Å²) in [6.45, 7) is 5.00. The van der Waals surface area contributed by atoms with Crippen molar-refractivity contribution in [2.45, 2.75) is 69.6 Å². The maximum atomic E-state index is 13.5. The van der Waals surface area contributed by atoms with Crippen molar-refractivity contribution in [1.29, 1.82) is 0 Å². The maximum absolute atomic E-state index is 13.5. The number of likely N-dealkylation sites (tertiary alicyclic amines) is 1. The van der Waals surface area contributed by atoms with E-state index < -0.39 is 47.3 Å². The minimum absolute atomic E-state index is 0.0843. The fraction of sp³-hybridized carbons (Fsp3) is 0.652. The van der Waals surface area contributed by atoms with Crippen LogP contribution in [0.2, 0.25) is 5.02 Å². The summed E-state index contributed by atoms with van der Waals surface area (Å²) in [6.07, 6.45) is -0.667. The lowest BCUT2D eigenvalue weighted by atomic mass is 9.73. The van der Waals surface area contributed by atoms with Crippen molar-refractivity contribution in [3.8, 4) is 0 Å². The van der Waals surface area contributed by atoms with Crippen molar-refractivity contribution in [2.75, 3.05) is 13.1 Å². The van der Waals surface area contributed by atoms with Crippen LogP contribution in [0.15, 0.2) is 24.3 Å². The number of rotatable bonds is 5. The first-order valence-corrected chi connectivity index (χ1v) is 11.3. The molecule has 0 bridgehead atoms. The number of nitrogens with one attached hydrogen (secondary N) is 1. The SMILES string of the molecule is CC(C)C(NC(=O)[C@@H]1CCC(F)(F)C1)C(=O)N1CC[C@](O)(c2ccc(Cl)cc2)[C@@](C)(O)C1. The molecule has 178 valence electrons. The number of β-amino-alcohol motifs (C(OH)–C–C–N with tert-alkyl or cyclic N) is 1. The standard InChI is InChI=1S/C23H31ClF2N2O4/c1-14(2)18(27-19(29)15-8-9-22(25,26)12-15)20(30)28-11-10-23(32,21(3,31)13-28)16-4-6-17(24)7-5-16/h4-7,14-15,18,31-32H,8-13H2,1-3H3,(H,27,29)/t15-,18?,21+,23+/m1/s1. The Bertz CT molecular complexity index is 862. The lowest BCUT2D eigenvalue weighted by Gasteiger charge is -2.49. The second kappa shape index (κ2) is 8.88. The van der Waals surface area contributed by atoms with Crippen molar-refractivity contribution in [2.24, 2.45) is 11.8 Å². The summed E-state index contributed by atoms with van der Waals surface area (Å²) in [6, 6.07) is 5.62. The molecule has 0 radical (unpaired) electrons. The van der Waals surface area contributed by atoms with E-state index in [9.17, 15) is 28.6 Å². The third kappa shape index (κ3) is 4.92. The number of carbonyl (C=O) groups excluding carboxylic acids is 2. The van der Waals surface area contributed by atoms with Crippen LogP contribution in [-0.2, 0) is 15.2 Å². The zero-order valence-corrected chi connectivity index (χ0v) is 19.3. The summed E-state index contributed by atoms with van der Waals surface area (Å²) in [5, 5.41) is 25.6. The first-order valence-electron chi connectivity index (χ1n) is 10.9. The second-order valence-corrected chi connectivity index (χ2v) is 10.1. The summed E-state index contributed by atoms with van der Waals surface area (Å²) in [7, 11) is 0. The molecule has 1 saturated heterocycles. The molecule has 1 aliphatic heterocycles. The first-order chi connectivity index (χ1) is 14.8. The number of benzene rings is 1. The van der Waals surface area contributed by atoms with Crippen molar-refractivity contribution in [3.63, 3.8) is 0 Å². The predicted molar refractivity (Wildman–Crippen MR) is 116 cm³/mol. The van der Waals surface area contributed by atoms with Gasteiger partial charge in [0.25, 0.3) is 0 Å². The van der Waals surface area contributed by atoms with Gasteiger partial charge in [0.1, 0.15) is 17.2 Å². The Balaban J connectivity index is 1.72. The minimum atomic E-state index is -2.85. The van der Waals surface area contributed by atoms with E-state index in [1.54, 1.807) is 38.1 Å². The number of aliphatic hydroxyl groups is 2. The van der Waals surface area contributed by atoms with Crippen LogP contribution in [0.5, 0.6) is 0 Å². The van der Waals surface area contributed by atoms with Crippen LogP contribution in [0.25, 0.3) is 0 Å². The summed E-state index contributed by atoms with van der Waals surface area (Å²) in [5.74, 6) is -4.90. The van der Waals surface area contributed by atoms with E-state index in [1.165, 1.54) is 11.8 Å². The van der Waals surface area contributed by atoms with Gasteiger partial charge in [0, 0.05) is 36.7 Å². The van der Waals surface area contributed by atoms with E-state index in [-0.39, 0.29) is 38.3 Å². The van der Waals surface area contributed by atoms with Gasteiger partial charge in [-0.15, -0.1) is 0 Å². The Morgan fingerprint density at radius 1 is 1.19 bits per heavy atom. The van der Waals surface area contributed by atoms with Crippen LogP contribution in [0, 0.1) is 11.8 Å². The van der Waals surface area contributed by atoms with Crippen molar-refractivity contribution in [1.82, 2.24) is 10.2 Å². The zero-order valence-electron chi connectivity index (χ0n) is 18.6. The third-order valence-corrected chi connectivity index (χ3v) is 7.02. The average Bonchev–Trinajstić information content (AvgIpc) is 3.07. The van der Waals surface area contributed by atoms with Crippen LogP contribution in [0.1, 0.15) is 52.0 Å². The fourth-order valence-electron chi connectivity index (χ4n) is 4.67. The van der Waals surface area contributed by atoms with Gasteiger partial charge in [-0.05, 0) is 37.0 Å².